The first-order valence-electron chi connectivity index (χ1n) is 6.59. The van der Waals surface area contributed by atoms with E-state index in [0.717, 1.165) is 12.8 Å². The molecule has 0 aliphatic rings. The topological polar surface area (TPSA) is 66.4 Å². The second-order valence-corrected chi connectivity index (χ2v) is 6.08. The number of amides is 1. The van der Waals surface area contributed by atoms with Crippen LogP contribution in [0.1, 0.15) is 31.2 Å². The molecular formula is C15H17Br2NO3. The smallest absolute Gasteiger partial charge is 0.344 e. The van der Waals surface area contributed by atoms with Crippen molar-refractivity contribution in [2.45, 2.75) is 25.7 Å². The number of hydrogen-bond acceptors (Lipinski definition) is 2. The van der Waals surface area contributed by atoms with Crippen LogP contribution in [0.25, 0.3) is 0 Å². The molecule has 4 nitrogen and oxygen atoms in total. The fourth-order valence-corrected chi connectivity index (χ4v) is 2.45. The summed E-state index contributed by atoms with van der Waals surface area (Å²) in [5.74, 6) is -1.25. The Morgan fingerprint density at radius 1 is 1.19 bits per heavy atom. The van der Waals surface area contributed by atoms with Gasteiger partial charge in [0.1, 0.15) is 8.96 Å². The normalized spacial score (nSPS) is 13.3. The van der Waals surface area contributed by atoms with Crippen molar-refractivity contribution in [2.24, 2.45) is 0 Å². The van der Waals surface area contributed by atoms with Crippen molar-refractivity contribution in [3.63, 3.8) is 0 Å². The number of carboxylic acid groups (broad SMARTS) is 1. The lowest BCUT2D eigenvalue weighted by molar-refractivity contribution is -0.132. The Bertz CT molecular complexity index is 529. The number of hydrogen-bond donors (Lipinski definition) is 2. The third-order valence-corrected chi connectivity index (χ3v) is 5.15. The highest BCUT2D eigenvalue weighted by molar-refractivity contribution is 9.14. The summed E-state index contributed by atoms with van der Waals surface area (Å²) in [6.45, 7) is 2.59. The molecule has 0 spiro atoms. The van der Waals surface area contributed by atoms with Gasteiger partial charge in [0.25, 0.3) is 5.91 Å². The van der Waals surface area contributed by atoms with Crippen molar-refractivity contribution in [3.8, 4) is 0 Å². The van der Waals surface area contributed by atoms with Crippen LogP contribution in [0.4, 0.5) is 0 Å². The number of carboxylic acids is 1. The van der Waals surface area contributed by atoms with Gasteiger partial charge in [-0.2, -0.15) is 0 Å². The third kappa shape index (κ3) is 5.63. The van der Waals surface area contributed by atoms with Crippen LogP contribution in [-0.2, 0) is 9.59 Å². The van der Waals surface area contributed by atoms with Crippen molar-refractivity contribution in [1.82, 2.24) is 5.32 Å². The molecule has 6 heteroatoms. The lowest BCUT2D eigenvalue weighted by atomic mass is 9.93. The zero-order valence-corrected chi connectivity index (χ0v) is 14.8. The van der Waals surface area contributed by atoms with Gasteiger partial charge < -0.3 is 10.4 Å². The predicted octanol–water partition coefficient (Wildman–Crippen LogP) is 3.77. The molecule has 1 aromatic rings. The molecule has 0 fully saturated rings. The van der Waals surface area contributed by atoms with Crippen molar-refractivity contribution in [3.05, 3.63) is 44.9 Å². The highest BCUT2D eigenvalue weighted by Gasteiger charge is 2.16. The van der Waals surface area contributed by atoms with Gasteiger partial charge in [-0.05, 0) is 56.2 Å². The van der Waals surface area contributed by atoms with Gasteiger partial charge in [0.05, 0.1) is 0 Å². The minimum atomic E-state index is -1.19. The zero-order valence-electron chi connectivity index (χ0n) is 11.6. The fourth-order valence-electron chi connectivity index (χ4n) is 1.96. The first-order valence-corrected chi connectivity index (χ1v) is 8.17. The van der Waals surface area contributed by atoms with E-state index in [0.29, 0.717) is 12.5 Å². The van der Waals surface area contributed by atoms with Gasteiger partial charge >= 0.3 is 5.97 Å². The lowest BCUT2D eigenvalue weighted by Crippen LogP contribution is -2.26. The van der Waals surface area contributed by atoms with E-state index in [9.17, 15) is 9.59 Å². The van der Waals surface area contributed by atoms with Crippen LogP contribution in [0.15, 0.2) is 39.3 Å². The van der Waals surface area contributed by atoms with Gasteiger partial charge in [0, 0.05) is 6.54 Å². The summed E-state index contributed by atoms with van der Waals surface area (Å²) in [7, 11) is 0. The summed E-state index contributed by atoms with van der Waals surface area (Å²) >= 11 is 5.83. The highest BCUT2D eigenvalue weighted by atomic mass is 79.9. The molecule has 0 saturated heterocycles. The standard InChI is InChI=1S/C15H17Br2NO3/c1-2-10(11-6-4-3-5-7-11)8-9-18-14(19)12(16)13(17)15(20)21/h3-7,10H,2,8-9H2,1H3,(H,18,19)(H,20,21). The number of rotatable bonds is 7. The van der Waals surface area contributed by atoms with Gasteiger partial charge in [-0.1, -0.05) is 37.3 Å². The van der Waals surface area contributed by atoms with Crippen molar-refractivity contribution >= 4 is 43.7 Å². The van der Waals surface area contributed by atoms with Crippen LogP contribution < -0.4 is 5.32 Å². The minimum Gasteiger partial charge on any atom is -0.477 e. The first kappa shape index (κ1) is 17.9. The molecule has 1 atom stereocenters. The van der Waals surface area contributed by atoms with Crippen molar-refractivity contribution in [1.29, 1.82) is 0 Å². The number of carbonyl (C=O) groups is 2. The summed E-state index contributed by atoms with van der Waals surface area (Å²) in [5.41, 5.74) is 1.25. The number of halogens is 2. The summed E-state index contributed by atoms with van der Waals surface area (Å²) in [4.78, 5) is 22.5. The van der Waals surface area contributed by atoms with Gasteiger partial charge in [-0.15, -0.1) is 0 Å². The van der Waals surface area contributed by atoms with E-state index in [1.54, 1.807) is 0 Å². The average Bonchev–Trinajstić information content (AvgIpc) is 2.50. The Labute approximate surface area is 140 Å². The van der Waals surface area contributed by atoms with Crippen LogP contribution in [-0.4, -0.2) is 23.5 Å². The maximum absolute atomic E-state index is 11.8. The Morgan fingerprint density at radius 3 is 2.33 bits per heavy atom. The second kappa shape index (κ2) is 9.00. The number of aliphatic carboxylic acids is 1. The van der Waals surface area contributed by atoms with E-state index >= 15 is 0 Å². The summed E-state index contributed by atoms with van der Waals surface area (Å²) in [5, 5.41) is 11.5. The Kier molecular flexibility index (Phi) is 7.67. The molecule has 0 aliphatic heterocycles. The van der Waals surface area contributed by atoms with E-state index in [1.165, 1.54) is 5.56 Å². The van der Waals surface area contributed by atoms with Gasteiger partial charge in [-0.25, -0.2) is 4.79 Å². The largest absolute Gasteiger partial charge is 0.477 e. The lowest BCUT2D eigenvalue weighted by Gasteiger charge is -2.15. The molecule has 1 aromatic carbocycles. The Morgan fingerprint density at radius 2 is 1.81 bits per heavy atom. The fraction of sp³-hybridized carbons (Fsp3) is 0.333. The van der Waals surface area contributed by atoms with Crippen LogP contribution in [0, 0.1) is 0 Å². The molecule has 0 bridgehead atoms. The van der Waals surface area contributed by atoms with Gasteiger partial charge in [0.15, 0.2) is 0 Å². The third-order valence-electron chi connectivity index (χ3n) is 3.12. The Balaban J connectivity index is 2.54. The molecule has 0 heterocycles. The first-order chi connectivity index (χ1) is 9.97. The van der Waals surface area contributed by atoms with Gasteiger partial charge in [-0.3, -0.25) is 4.79 Å². The molecule has 0 aromatic heterocycles. The number of benzene rings is 1. The molecule has 0 radical (unpaired) electrons. The molecular weight excluding hydrogens is 402 g/mol. The maximum Gasteiger partial charge on any atom is 0.344 e. The summed E-state index contributed by atoms with van der Waals surface area (Å²) in [6, 6.07) is 10.1. The average molecular weight is 419 g/mol. The molecule has 0 aliphatic carbocycles. The molecule has 1 amide bonds. The van der Waals surface area contributed by atoms with E-state index < -0.39 is 11.9 Å². The van der Waals surface area contributed by atoms with Crippen LogP contribution in [0.3, 0.4) is 0 Å². The van der Waals surface area contributed by atoms with Crippen molar-refractivity contribution < 1.29 is 14.7 Å². The molecule has 21 heavy (non-hydrogen) atoms. The van der Waals surface area contributed by atoms with Crippen LogP contribution in [0.2, 0.25) is 0 Å². The summed E-state index contributed by atoms with van der Waals surface area (Å²) in [6.07, 6.45) is 1.78. The van der Waals surface area contributed by atoms with Crippen LogP contribution >= 0.6 is 31.9 Å². The van der Waals surface area contributed by atoms with E-state index in [1.807, 2.05) is 18.2 Å². The summed E-state index contributed by atoms with van der Waals surface area (Å²) < 4.78 is -0.196. The van der Waals surface area contributed by atoms with E-state index in [4.69, 9.17) is 5.11 Å². The van der Waals surface area contributed by atoms with Crippen LogP contribution in [0.5, 0.6) is 0 Å². The molecule has 1 unspecified atom stereocenters. The van der Waals surface area contributed by atoms with E-state index in [2.05, 4.69) is 56.2 Å². The Hall–Kier alpha value is -1.14. The zero-order chi connectivity index (χ0) is 15.8. The molecule has 1 rings (SSSR count). The SMILES string of the molecule is CCC(CCNC(=O)C(Br)=C(Br)C(=O)O)c1ccccc1. The maximum atomic E-state index is 11.8. The molecule has 2 N–H and O–H groups in total. The second-order valence-electron chi connectivity index (χ2n) is 4.49. The quantitative estimate of drug-likeness (QED) is 0.662. The predicted molar refractivity (Wildman–Crippen MR) is 89.6 cm³/mol. The highest BCUT2D eigenvalue weighted by Crippen LogP contribution is 2.23. The molecule has 114 valence electrons. The number of nitrogens with one attached hydrogen (secondary N) is 1. The van der Waals surface area contributed by atoms with Crippen molar-refractivity contribution in [2.75, 3.05) is 6.54 Å². The van der Waals surface area contributed by atoms with E-state index in [-0.39, 0.29) is 8.96 Å². The molecule has 0 saturated carbocycles. The minimum absolute atomic E-state index is 0.0113. The van der Waals surface area contributed by atoms with Gasteiger partial charge in [0.2, 0.25) is 0 Å². The monoisotopic (exact) mass is 417 g/mol. The number of carbonyl (C=O) groups excluding carboxylic acids is 1.